The van der Waals surface area contributed by atoms with Crippen molar-refractivity contribution in [2.24, 2.45) is 5.92 Å². The molecule has 1 fully saturated rings. The number of rotatable bonds is 6. The van der Waals surface area contributed by atoms with Crippen LogP contribution in [0.15, 0.2) is 66.1 Å². The zero-order chi connectivity index (χ0) is 21.0. The van der Waals surface area contributed by atoms with E-state index in [0.29, 0.717) is 25.5 Å². The number of piperidine rings is 1. The molecule has 1 saturated heterocycles. The fourth-order valence-electron chi connectivity index (χ4n) is 3.44. The molecule has 0 radical (unpaired) electrons. The third kappa shape index (κ3) is 4.54. The minimum Gasteiger partial charge on any atom is -0.308 e. The molecule has 0 spiro atoms. The Morgan fingerprint density at radius 3 is 2.41 bits per heavy atom. The summed E-state index contributed by atoms with van der Waals surface area (Å²) >= 11 is 0. The zero-order valence-corrected chi connectivity index (χ0v) is 16.6. The average molecular weight is 420 g/mol. The fraction of sp³-hybridized carbons (Fsp3) is 0.286. The Morgan fingerprint density at radius 2 is 1.79 bits per heavy atom. The number of carbonyl (C=O) groups excluding carboxylic acids is 1. The summed E-state index contributed by atoms with van der Waals surface area (Å²) in [6.07, 6.45) is 2.24. The summed E-state index contributed by atoms with van der Waals surface area (Å²) in [6.45, 7) is 4.16. The van der Waals surface area contributed by atoms with Crippen LogP contribution in [0.2, 0.25) is 0 Å². The van der Waals surface area contributed by atoms with E-state index >= 15 is 0 Å². The number of anilines is 1. The summed E-state index contributed by atoms with van der Waals surface area (Å²) in [5.74, 6) is -2.28. The minimum atomic E-state index is -4.17. The van der Waals surface area contributed by atoms with Crippen molar-refractivity contribution in [2.75, 3.05) is 24.5 Å². The van der Waals surface area contributed by atoms with E-state index in [1.165, 1.54) is 0 Å². The number of sulfonamides is 1. The van der Waals surface area contributed by atoms with Gasteiger partial charge in [0.15, 0.2) is 0 Å². The summed E-state index contributed by atoms with van der Waals surface area (Å²) in [6, 6.07) is 11.5. The number of benzene rings is 2. The molecule has 1 amide bonds. The number of halogens is 2. The van der Waals surface area contributed by atoms with E-state index in [1.54, 1.807) is 11.0 Å². The SMILES string of the molecule is C=CCN(C(=O)C1CCN(S(=O)(=O)c2cc(F)ccc2F)CC1)c1ccccc1. The number of carbonyl (C=O) groups is 1. The van der Waals surface area contributed by atoms with Crippen LogP contribution in [0.3, 0.4) is 0 Å². The van der Waals surface area contributed by atoms with Gasteiger partial charge in [0.05, 0.1) is 0 Å². The molecule has 154 valence electrons. The van der Waals surface area contributed by atoms with Crippen molar-refractivity contribution in [2.45, 2.75) is 17.7 Å². The first-order valence-corrected chi connectivity index (χ1v) is 10.7. The molecule has 0 atom stereocenters. The highest BCUT2D eigenvalue weighted by Gasteiger charge is 2.35. The van der Waals surface area contributed by atoms with Crippen molar-refractivity contribution in [1.29, 1.82) is 0 Å². The highest BCUT2D eigenvalue weighted by atomic mass is 32.2. The Hall–Kier alpha value is -2.58. The summed E-state index contributed by atoms with van der Waals surface area (Å²) in [7, 11) is -4.17. The predicted octanol–water partition coefficient (Wildman–Crippen LogP) is 3.58. The lowest BCUT2D eigenvalue weighted by Crippen LogP contribution is -2.44. The van der Waals surface area contributed by atoms with E-state index in [4.69, 9.17) is 0 Å². The van der Waals surface area contributed by atoms with Crippen molar-refractivity contribution >= 4 is 21.6 Å². The van der Waals surface area contributed by atoms with Crippen molar-refractivity contribution < 1.29 is 22.0 Å². The molecule has 3 rings (SSSR count). The van der Waals surface area contributed by atoms with Crippen LogP contribution in [0.25, 0.3) is 0 Å². The summed E-state index contributed by atoms with van der Waals surface area (Å²) in [4.78, 5) is 14.0. The first kappa shape index (κ1) is 21.1. The van der Waals surface area contributed by atoms with Crippen LogP contribution in [-0.2, 0) is 14.8 Å². The normalized spacial score (nSPS) is 15.8. The van der Waals surface area contributed by atoms with Gasteiger partial charge in [-0.25, -0.2) is 17.2 Å². The standard InChI is InChI=1S/C21H22F2N2O3S/c1-2-12-25(18-6-4-3-5-7-18)21(26)16-10-13-24(14-11-16)29(27,28)20-15-17(22)8-9-19(20)23/h2-9,15-16H,1,10-14H2. The molecule has 1 heterocycles. The third-order valence-electron chi connectivity index (χ3n) is 4.96. The Balaban J connectivity index is 1.73. The maximum Gasteiger partial charge on any atom is 0.246 e. The van der Waals surface area contributed by atoms with Gasteiger partial charge in [0.1, 0.15) is 16.5 Å². The molecule has 2 aromatic carbocycles. The Kier molecular flexibility index (Phi) is 6.44. The number of para-hydroxylation sites is 1. The molecule has 0 N–H and O–H groups in total. The lowest BCUT2D eigenvalue weighted by atomic mass is 9.96. The second-order valence-electron chi connectivity index (χ2n) is 6.83. The lowest BCUT2D eigenvalue weighted by molar-refractivity contribution is -0.123. The fourth-order valence-corrected chi connectivity index (χ4v) is 4.98. The average Bonchev–Trinajstić information content (AvgIpc) is 2.74. The first-order chi connectivity index (χ1) is 13.8. The van der Waals surface area contributed by atoms with Crippen LogP contribution in [0.5, 0.6) is 0 Å². The minimum absolute atomic E-state index is 0.0609. The van der Waals surface area contributed by atoms with Gasteiger partial charge in [-0.3, -0.25) is 4.79 Å². The monoisotopic (exact) mass is 420 g/mol. The Morgan fingerprint density at radius 1 is 1.14 bits per heavy atom. The summed E-state index contributed by atoms with van der Waals surface area (Å²) in [5.41, 5.74) is 0.745. The van der Waals surface area contributed by atoms with Crippen LogP contribution < -0.4 is 4.90 Å². The van der Waals surface area contributed by atoms with E-state index in [0.717, 1.165) is 22.1 Å². The van der Waals surface area contributed by atoms with Crippen LogP contribution >= 0.6 is 0 Å². The topological polar surface area (TPSA) is 57.7 Å². The maximum atomic E-state index is 14.0. The molecular formula is C21H22F2N2O3S. The molecule has 1 aliphatic rings. The lowest BCUT2D eigenvalue weighted by Gasteiger charge is -2.33. The molecular weight excluding hydrogens is 398 g/mol. The van der Waals surface area contributed by atoms with Gasteiger partial charge in [-0.1, -0.05) is 24.3 Å². The van der Waals surface area contributed by atoms with Gasteiger partial charge in [-0.2, -0.15) is 4.31 Å². The molecule has 0 saturated carbocycles. The second kappa shape index (κ2) is 8.84. The summed E-state index contributed by atoms with van der Waals surface area (Å²) < 4.78 is 53.9. The van der Waals surface area contributed by atoms with E-state index < -0.39 is 26.6 Å². The van der Waals surface area contributed by atoms with E-state index in [9.17, 15) is 22.0 Å². The van der Waals surface area contributed by atoms with Gasteiger partial charge in [-0.15, -0.1) is 6.58 Å². The van der Waals surface area contributed by atoms with Gasteiger partial charge in [0.2, 0.25) is 15.9 Å². The van der Waals surface area contributed by atoms with Crippen LogP contribution in [0.1, 0.15) is 12.8 Å². The summed E-state index contributed by atoms with van der Waals surface area (Å²) in [5, 5.41) is 0. The van der Waals surface area contributed by atoms with Gasteiger partial charge in [0.25, 0.3) is 0 Å². The highest BCUT2D eigenvalue weighted by Crippen LogP contribution is 2.28. The Bertz CT molecular complexity index is 988. The zero-order valence-electron chi connectivity index (χ0n) is 15.8. The van der Waals surface area contributed by atoms with Gasteiger partial charge in [0, 0.05) is 31.2 Å². The molecule has 29 heavy (non-hydrogen) atoms. The molecule has 1 aliphatic heterocycles. The van der Waals surface area contributed by atoms with Crippen molar-refractivity contribution in [3.63, 3.8) is 0 Å². The quantitative estimate of drug-likeness (QED) is 0.671. The molecule has 5 nitrogen and oxygen atoms in total. The molecule has 8 heteroatoms. The molecule has 0 aromatic heterocycles. The smallest absolute Gasteiger partial charge is 0.246 e. The molecule has 2 aromatic rings. The van der Waals surface area contributed by atoms with Gasteiger partial charge < -0.3 is 4.90 Å². The third-order valence-corrected chi connectivity index (χ3v) is 6.87. The van der Waals surface area contributed by atoms with E-state index in [1.807, 2.05) is 30.3 Å². The van der Waals surface area contributed by atoms with Crippen molar-refractivity contribution in [3.8, 4) is 0 Å². The predicted molar refractivity (Wildman–Crippen MR) is 107 cm³/mol. The Labute approximate surface area is 169 Å². The number of hydrogen-bond donors (Lipinski definition) is 0. The number of amides is 1. The van der Waals surface area contributed by atoms with Crippen LogP contribution in [0, 0.1) is 17.6 Å². The molecule has 0 bridgehead atoms. The number of nitrogens with zero attached hydrogens (tertiary/aromatic N) is 2. The maximum absolute atomic E-state index is 14.0. The number of hydrogen-bond acceptors (Lipinski definition) is 3. The highest BCUT2D eigenvalue weighted by molar-refractivity contribution is 7.89. The van der Waals surface area contributed by atoms with Crippen LogP contribution in [-0.4, -0.2) is 38.3 Å². The van der Waals surface area contributed by atoms with Crippen molar-refractivity contribution in [1.82, 2.24) is 4.31 Å². The van der Waals surface area contributed by atoms with E-state index in [2.05, 4.69) is 6.58 Å². The van der Waals surface area contributed by atoms with Gasteiger partial charge >= 0.3 is 0 Å². The molecule has 0 unspecified atom stereocenters. The second-order valence-corrected chi connectivity index (χ2v) is 8.73. The van der Waals surface area contributed by atoms with Crippen molar-refractivity contribution in [3.05, 3.63) is 72.8 Å². The van der Waals surface area contributed by atoms with Crippen LogP contribution in [0.4, 0.5) is 14.5 Å². The largest absolute Gasteiger partial charge is 0.308 e. The first-order valence-electron chi connectivity index (χ1n) is 9.27. The molecule has 0 aliphatic carbocycles. The van der Waals surface area contributed by atoms with Gasteiger partial charge in [-0.05, 0) is 43.2 Å². The van der Waals surface area contributed by atoms with E-state index in [-0.39, 0.29) is 24.9 Å².